The molecule has 1 aromatic heterocycles. The lowest BCUT2D eigenvalue weighted by Crippen LogP contribution is -2.48. The zero-order valence-corrected chi connectivity index (χ0v) is 17.0. The molecule has 2 N–H and O–H groups in total. The molecule has 0 unspecified atom stereocenters. The van der Waals surface area contributed by atoms with Crippen LogP contribution >= 0.6 is 11.6 Å². The molecular weight excluding hydrogens is 372 g/mol. The highest BCUT2D eigenvalue weighted by molar-refractivity contribution is 6.33. The zero-order chi connectivity index (χ0) is 19.3. The lowest BCUT2D eigenvalue weighted by Gasteiger charge is -2.57. The van der Waals surface area contributed by atoms with Gasteiger partial charge in [0.1, 0.15) is 0 Å². The Bertz CT molecular complexity index is 870. The van der Waals surface area contributed by atoms with Gasteiger partial charge in [0.05, 0.1) is 22.9 Å². The normalized spacial score (nSPS) is 30.4. The summed E-state index contributed by atoms with van der Waals surface area (Å²) in [7, 11) is 1.86. The number of hydrogen-bond acceptors (Lipinski definition) is 2. The second-order valence-corrected chi connectivity index (χ2v) is 9.55. The van der Waals surface area contributed by atoms with Crippen molar-refractivity contribution in [1.82, 2.24) is 15.1 Å². The molecule has 148 valence electrons. The minimum Gasteiger partial charge on any atom is -0.332 e. The Morgan fingerprint density at radius 1 is 1.18 bits per heavy atom. The van der Waals surface area contributed by atoms with Crippen LogP contribution in [0, 0.1) is 17.8 Å². The number of amides is 2. The molecule has 0 saturated heterocycles. The quantitative estimate of drug-likeness (QED) is 0.772. The Balaban J connectivity index is 1.28. The van der Waals surface area contributed by atoms with Gasteiger partial charge in [0.25, 0.3) is 0 Å². The van der Waals surface area contributed by atoms with E-state index in [-0.39, 0.29) is 6.03 Å². The Labute approximate surface area is 170 Å². The summed E-state index contributed by atoms with van der Waals surface area (Å²) in [5.41, 5.74) is 3.30. The number of urea groups is 1. The van der Waals surface area contributed by atoms with E-state index in [1.54, 1.807) is 10.9 Å². The van der Waals surface area contributed by atoms with E-state index in [9.17, 15) is 4.79 Å². The number of nitrogens with one attached hydrogen (secondary N) is 2. The molecule has 4 saturated carbocycles. The van der Waals surface area contributed by atoms with Crippen molar-refractivity contribution in [3.05, 3.63) is 46.7 Å². The summed E-state index contributed by atoms with van der Waals surface area (Å²) in [5, 5.41) is 10.5. The molecular formula is C22H27ClN4O. The highest BCUT2D eigenvalue weighted by Gasteiger charge is 2.51. The number of aromatic nitrogens is 2. The van der Waals surface area contributed by atoms with E-state index >= 15 is 0 Å². The molecule has 0 spiro atoms. The third kappa shape index (κ3) is 3.20. The van der Waals surface area contributed by atoms with Crippen LogP contribution in [0.4, 0.5) is 10.5 Å². The van der Waals surface area contributed by atoms with Gasteiger partial charge < -0.3 is 10.6 Å². The maximum atomic E-state index is 12.3. The largest absolute Gasteiger partial charge is 0.332 e. The lowest BCUT2D eigenvalue weighted by atomic mass is 9.48. The average molecular weight is 399 g/mol. The van der Waals surface area contributed by atoms with Crippen molar-refractivity contribution in [3.8, 4) is 0 Å². The number of halogens is 1. The lowest BCUT2D eigenvalue weighted by molar-refractivity contribution is -0.00517. The molecule has 0 atom stereocenters. The van der Waals surface area contributed by atoms with Crippen molar-refractivity contribution in [2.75, 3.05) is 5.32 Å². The van der Waals surface area contributed by atoms with E-state index in [0.29, 0.717) is 22.7 Å². The first-order chi connectivity index (χ1) is 13.5. The fraction of sp³-hybridized carbons (Fsp3) is 0.545. The topological polar surface area (TPSA) is 59.0 Å². The summed E-state index contributed by atoms with van der Waals surface area (Å²) >= 11 is 6.58. The van der Waals surface area contributed by atoms with Crippen molar-refractivity contribution < 1.29 is 4.79 Å². The third-order valence-corrected chi connectivity index (χ3v) is 7.53. The fourth-order valence-corrected chi connectivity index (χ4v) is 6.55. The van der Waals surface area contributed by atoms with Gasteiger partial charge in [-0.15, -0.1) is 0 Å². The third-order valence-electron chi connectivity index (χ3n) is 7.22. The van der Waals surface area contributed by atoms with Crippen molar-refractivity contribution in [2.45, 2.75) is 50.5 Å². The molecule has 28 heavy (non-hydrogen) atoms. The zero-order valence-electron chi connectivity index (χ0n) is 16.2. The van der Waals surface area contributed by atoms with Crippen molar-refractivity contribution >= 4 is 23.3 Å². The molecule has 6 rings (SSSR count). The Kier molecular flexibility index (Phi) is 4.38. The van der Waals surface area contributed by atoms with Crippen LogP contribution in [0.25, 0.3) is 0 Å². The Morgan fingerprint density at radius 2 is 1.86 bits per heavy atom. The molecule has 4 aliphatic rings. The van der Waals surface area contributed by atoms with Crippen LogP contribution in [-0.4, -0.2) is 15.8 Å². The van der Waals surface area contributed by atoms with Crippen LogP contribution in [-0.2, 0) is 19.0 Å². The molecule has 0 radical (unpaired) electrons. The minimum atomic E-state index is -0.259. The number of benzene rings is 1. The van der Waals surface area contributed by atoms with E-state index in [2.05, 4.69) is 27.9 Å². The number of hydrogen-bond donors (Lipinski definition) is 2. The average Bonchev–Trinajstić information content (AvgIpc) is 3.05. The van der Waals surface area contributed by atoms with Crippen LogP contribution in [0.1, 0.15) is 49.8 Å². The number of carbonyl (C=O) groups is 1. The van der Waals surface area contributed by atoms with E-state index in [1.807, 2.05) is 19.2 Å². The second kappa shape index (κ2) is 6.80. The summed E-state index contributed by atoms with van der Waals surface area (Å²) in [6.45, 7) is 0.422. The molecule has 4 fully saturated rings. The number of aryl methyl sites for hydroxylation is 1. The van der Waals surface area contributed by atoms with Gasteiger partial charge >= 0.3 is 6.03 Å². The van der Waals surface area contributed by atoms with Gasteiger partial charge in [-0.1, -0.05) is 17.7 Å². The van der Waals surface area contributed by atoms with E-state index in [4.69, 9.17) is 11.6 Å². The molecule has 4 aliphatic carbocycles. The summed E-state index contributed by atoms with van der Waals surface area (Å²) in [6, 6.07) is 7.89. The molecule has 4 bridgehead atoms. The highest BCUT2D eigenvalue weighted by Crippen LogP contribution is 2.60. The van der Waals surface area contributed by atoms with E-state index in [1.165, 1.54) is 44.1 Å². The van der Waals surface area contributed by atoms with Gasteiger partial charge in [-0.25, -0.2) is 4.79 Å². The molecule has 6 heteroatoms. The molecule has 2 amide bonds. The first-order valence-corrected chi connectivity index (χ1v) is 10.7. The number of nitrogens with zero attached hydrogens (tertiary/aromatic N) is 2. The Hall–Kier alpha value is -2.01. The van der Waals surface area contributed by atoms with Gasteiger partial charge in [-0.05, 0) is 85.5 Å². The highest BCUT2D eigenvalue weighted by atomic mass is 35.5. The van der Waals surface area contributed by atoms with Crippen LogP contribution < -0.4 is 10.6 Å². The monoisotopic (exact) mass is 398 g/mol. The van der Waals surface area contributed by atoms with Crippen molar-refractivity contribution in [2.24, 2.45) is 24.8 Å². The van der Waals surface area contributed by atoms with Gasteiger partial charge in [0, 0.05) is 13.2 Å². The maximum absolute atomic E-state index is 12.3. The molecule has 1 aromatic carbocycles. The molecule has 5 nitrogen and oxygen atoms in total. The van der Waals surface area contributed by atoms with Crippen LogP contribution in [0.15, 0.2) is 30.5 Å². The molecule has 1 heterocycles. The standard InChI is InChI=1S/C22H27ClN4O/c1-27-18(4-5-25-27)13-24-21(28)26-20-3-2-17(9-19(20)23)22-10-14-6-15(11-22)8-16(7-14)12-22/h2-5,9,14-16H,6-8,10-13H2,1H3,(H2,24,26,28). The first-order valence-electron chi connectivity index (χ1n) is 10.3. The number of rotatable bonds is 4. The summed E-state index contributed by atoms with van der Waals surface area (Å²) < 4.78 is 1.74. The Morgan fingerprint density at radius 3 is 2.43 bits per heavy atom. The van der Waals surface area contributed by atoms with Gasteiger partial charge in [0.2, 0.25) is 0 Å². The van der Waals surface area contributed by atoms with Crippen LogP contribution in [0.2, 0.25) is 5.02 Å². The van der Waals surface area contributed by atoms with Crippen molar-refractivity contribution in [1.29, 1.82) is 0 Å². The smallest absolute Gasteiger partial charge is 0.319 e. The number of anilines is 1. The summed E-state index contributed by atoms with van der Waals surface area (Å²) in [6.07, 6.45) is 9.96. The van der Waals surface area contributed by atoms with E-state index in [0.717, 1.165) is 23.4 Å². The minimum absolute atomic E-state index is 0.259. The maximum Gasteiger partial charge on any atom is 0.319 e. The second-order valence-electron chi connectivity index (χ2n) is 9.15. The predicted octanol–water partition coefficient (Wildman–Crippen LogP) is 4.86. The predicted molar refractivity (Wildman–Crippen MR) is 110 cm³/mol. The summed E-state index contributed by atoms with van der Waals surface area (Å²) in [4.78, 5) is 12.3. The molecule has 2 aromatic rings. The van der Waals surface area contributed by atoms with Crippen LogP contribution in [0.5, 0.6) is 0 Å². The first kappa shape index (κ1) is 18.0. The SMILES string of the molecule is Cn1nccc1CNC(=O)Nc1ccc(C23CC4CC(CC(C4)C2)C3)cc1Cl. The van der Waals surface area contributed by atoms with E-state index < -0.39 is 0 Å². The van der Waals surface area contributed by atoms with Crippen molar-refractivity contribution in [3.63, 3.8) is 0 Å². The fourth-order valence-electron chi connectivity index (χ4n) is 6.32. The summed E-state index contributed by atoms with van der Waals surface area (Å²) in [5.74, 6) is 2.71. The van der Waals surface area contributed by atoms with Crippen LogP contribution in [0.3, 0.4) is 0 Å². The molecule has 0 aliphatic heterocycles. The van der Waals surface area contributed by atoms with Gasteiger partial charge in [-0.2, -0.15) is 5.10 Å². The number of carbonyl (C=O) groups excluding carboxylic acids is 1. The van der Waals surface area contributed by atoms with Gasteiger partial charge in [-0.3, -0.25) is 4.68 Å². The van der Waals surface area contributed by atoms with Gasteiger partial charge in [0.15, 0.2) is 0 Å².